The fraction of sp³-hybridized carbons (Fsp3) is 0.632. The zero-order chi connectivity index (χ0) is 18.9. The topological polar surface area (TPSA) is 75.7 Å². The van der Waals surface area contributed by atoms with Crippen LogP contribution >= 0.6 is 0 Å². The van der Waals surface area contributed by atoms with Gasteiger partial charge in [0.1, 0.15) is 11.8 Å². The number of benzene rings is 1. The maximum absolute atomic E-state index is 12.8. The number of hydrogen-bond donors (Lipinski definition) is 1. The molecular weight excluding hydrogens is 352 g/mol. The Balaban J connectivity index is 1.75. The molecule has 144 valence electrons. The molecule has 4 unspecified atom stereocenters. The second-order valence-electron chi connectivity index (χ2n) is 7.45. The Morgan fingerprint density at radius 2 is 1.96 bits per heavy atom. The molecule has 0 spiro atoms. The lowest BCUT2D eigenvalue weighted by molar-refractivity contribution is -0.122. The van der Waals surface area contributed by atoms with Gasteiger partial charge in [-0.25, -0.2) is 8.42 Å². The highest BCUT2D eigenvalue weighted by molar-refractivity contribution is 7.92. The van der Waals surface area contributed by atoms with E-state index in [4.69, 9.17) is 4.74 Å². The molecule has 26 heavy (non-hydrogen) atoms. The first-order chi connectivity index (χ1) is 12.3. The van der Waals surface area contributed by atoms with Gasteiger partial charge >= 0.3 is 0 Å². The standard InChI is InChI=1S/C19H28N2O4S/c1-4-25-17-9-7-16(8-10-17)21(26(3,23)24)13(2)19(22)20-18-12-14-5-6-15(18)11-14/h7-10,13-15,18H,4-6,11-12H2,1-3H3,(H,20,22). The number of nitrogens with zero attached hydrogens (tertiary/aromatic N) is 1. The van der Waals surface area contributed by atoms with Gasteiger partial charge in [-0.1, -0.05) is 6.42 Å². The number of hydrogen-bond acceptors (Lipinski definition) is 4. The van der Waals surface area contributed by atoms with Crippen LogP contribution in [0.1, 0.15) is 39.5 Å². The molecule has 2 bridgehead atoms. The van der Waals surface area contributed by atoms with Crippen molar-refractivity contribution in [3.05, 3.63) is 24.3 Å². The lowest BCUT2D eigenvalue weighted by atomic mass is 9.95. The molecule has 7 heteroatoms. The second-order valence-corrected chi connectivity index (χ2v) is 9.31. The quantitative estimate of drug-likeness (QED) is 0.789. The van der Waals surface area contributed by atoms with Crippen LogP contribution in [0.5, 0.6) is 5.75 Å². The van der Waals surface area contributed by atoms with Crippen molar-refractivity contribution in [2.75, 3.05) is 17.2 Å². The van der Waals surface area contributed by atoms with Gasteiger partial charge in [-0.2, -0.15) is 0 Å². The van der Waals surface area contributed by atoms with E-state index in [-0.39, 0.29) is 11.9 Å². The summed E-state index contributed by atoms with van der Waals surface area (Å²) >= 11 is 0. The first-order valence-corrected chi connectivity index (χ1v) is 11.2. The van der Waals surface area contributed by atoms with Crippen molar-refractivity contribution in [3.63, 3.8) is 0 Å². The van der Waals surface area contributed by atoms with Crippen LogP contribution in [0.2, 0.25) is 0 Å². The monoisotopic (exact) mass is 380 g/mol. The Kier molecular flexibility index (Phi) is 5.46. The van der Waals surface area contributed by atoms with Crippen LogP contribution in [0, 0.1) is 11.8 Å². The number of sulfonamides is 1. The summed E-state index contributed by atoms with van der Waals surface area (Å²) in [5.74, 6) is 1.71. The van der Waals surface area contributed by atoms with E-state index in [0.717, 1.165) is 18.6 Å². The largest absolute Gasteiger partial charge is 0.494 e. The Hall–Kier alpha value is -1.76. The Labute approximate surface area is 156 Å². The van der Waals surface area contributed by atoms with Crippen molar-refractivity contribution < 1.29 is 17.9 Å². The number of fused-ring (bicyclic) bond motifs is 2. The third-order valence-corrected chi connectivity index (χ3v) is 6.80. The summed E-state index contributed by atoms with van der Waals surface area (Å²) in [4.78, 5) is 12.8. The first-order valence-electron chi connectivity index (χ1n) is 9.32. The van der Waals surface area contributed by atoms with Gasteiger partial charge in [0.05, 0.1) is 18.6 Å². The van der Waals surface area contributed by atoms with Crippen LogP contribution in [-0.4, -0.2) is 39.3 Å². The Morgan fingerprint density at radius 1 is 1.27 bits per heavy atom. The number of amides is 1. The highest BCUT2D eigenvalue weighted by Crippen LogP contribution is 2.44. The number of nitrogens with one attached hydrogen (secondary N) is 1. The molecular formula is C19H28N2O4S. The molecule has 3 rings (SSSR count). The van der Waals surface area contributed by atoms with Crippen LogP contribution in [-0.2, 0) is 14.8 Å². The summed E-state index contributed by atoms with van der Waals surface area (Å²) in [5, 5.41) is 3.09. The average molecular weight is 381 g/mol. The lowest BCUT2D eigenvalue weighted by Gasteiger charge is -2.31. The summed E-state index contributed by atoms with van der Waals surface area (Å²) in [6.07, 6.45) is 5.76. The van der Waals surface area contributed by atoms with E-state index in [0.29, 0.717) is 24.0 Å². The first kappa shape index (κ1) is 19.0. The average Bonchev–Trinajstić information content (AvgIpc) is 3.18. The summed E-state index contributed by atoms with van der Waals surface area (Å²) in [6.45, 7) is 4.07. The number of anilines is 1. The molecule has 0 saturated heterocycles. The molecule has 1 aromatic carbocycles. The van der Waals surface area contributed by atoms with Gasteiger partial charge in [0.25, 0.3) is 0 Å². The lowest BCUT2D eigenvalue weighted by Crippen LogP contribution is -2.51. The highest BCUT2D eigenvalue weighted by Gasteiger charge is 2.41. The molecule has 0 heterocycles. The molecule has 0 radical (unpaired) electrons. The van der Waals surface area contributed by atoms with Crippen molar-refractivity contribution in [1.29, 1.82) is 0 Å². The van der Waals surface area contributed by atoms with Crippen molar-refractivity contribution in [2.24, 2.45) is 11.8 Å². The third-order valence-electron chi connectivity index (χ3n) is 5.56. The van der Waals surface area contributed by atoms with Crippen LogP contribution < -0.4 is 14.4 Å². The summed E-state index contributed by atoms with van der Waals surface area (Å²) in [5.41, 5.74) is 0.464. The van der Waals surface area contributed by atoms with Crippen molar-refractivity contribution >= 4 is 21.6 Å². The molecule has 0 aliphatic heterocycles. The van der Waals surface area contributed by atoms with E-state index in [2.05, 4.69) is 5.32 Å². The van der Waals surface area contributed by atoms with E-state index in [1.54, 1.807) is 31.2 Å². The molecule has 1 N–H and O–H groups in total. The van der Waals surface area contributed by atoms with E-state index in [1.807, 2.05) is 6.92 Å². The minimum absolute atomic E-state index is 0.186. The maximum Gasteiger partial charge on any atom is 0.243 e. The molecule has 1 aromatic rings. The van der Waals surface area contributed by atoms with Gasteiger partial charge in [-0.05, 0) is 69.2 Å². The van der Waals surface area contributed by atoms with E-state index < -0.39 is 16.1 Å². The Bertz CT molecular complexity index is 747. The van der Waals surface area contributed by atoms with Crippen molar-refractivity contribution in [3.8, 4) is 5.75 Å². The summed E-state index contributed by atoms with van der Waals surface area (Å²) in [6, 6.07) is 6.17. The smallest absolute Gasteiger partial charge is 0.243 e. The SMILES string of the molecule is CCOc1ccc(N(C(C)C(=O)NC2CC3CCC2C3)S(C)(=O)=O)cc1. The summed E-state index contributed by atoms with van der Waals surface area (Å²) < 4.78 is 31.3. The minimum atomic E-state index is -3.60. The number of carbonyl (C=O) groups is 1. The van der Waals surface area contributed by atoms with Crippen LogP contribution in [0.25, 0.3) is 0 Å². The van der Waals surface area contributed by atoms with Gasteiger partial charge < -0.3 is 10.1 Å². The van der Waals surface area contributed by atoms with Gasteiger partial charge in [-0.15, -0.1) is 0 Å². The second kappa shape index (κ2) is 7.47. The van der Waals surface area contributed by atoms with Gasteiger partial charge in [0, 0.05) is 6.04 Å². The molecule has 1 amide bonds. The predicted molar refractivity (Wildman–Crippen MR) is 102 cm³/mol. The van der Waals surface area contributed by atoms with Crippen molar-refractivity contribution in [1.82, 2.24) is 5.32 Å². The zero-order valence-corrected chi connectivity index (χ0v) is 16.5. The van der Waals surface area contributed by atoms with Gasteiger partial charge in [0.2, 0.25) is 15.9 Å². The fourth-order valence-corrected chi connectivity index (χ4v) is 5.56. The summed E-state index contributed by atoms with van der Waals surface area (Å²) in [7, 11) is -3.60. The van der Waals surface area contributed by atoms with E-state index >= 15 is 0 Å². The Morgan fingerprint density at radius 3 is 2.46 bits per heavy atom. The van der Waals surface area contributed by atoms with Crippen LogP contribution in [0.3, 0.4) is 0 Å². The van der Waals surface area contributed by atoms with E-state index in [9.17, 15) is 13.2 Å². The van der Waals surface area contributed by atoms with Crippen LogP contribution in [0.4, 0.5) is 5.69 Å². The fourth-order valence-electron chi connectivity index (χ4n) is 4.39. The van der Waals surface area contributed by atoms with Gasteiger partial charge in [-0.3, -0.25) is 9.10 Å². The van der Waals surface area contributed by atoms with Crippen molar-refractivity contribution in [2.45, 2.75) is 51.6 Å². The third kappa shape index (κ3) is 3.98. The molecule has 0 aromatic heterocycles. The van der Waals surface area contributed by atoms with E-state index in [1.165, 1.54) is 23.6 Å². The zero-order valence-electron chi connectivity index (χ0n) is 15.6. The molecule has 2 saturated carbocycles. The highest BCUT2D eigenvalue weighted by atomic mass is 32.2. The van der Waals surface area contributed by atoms with Gasteiger partial charge in [0.15, 0.2) is 0 Å². The normalized spacial score (nSPS) is 25.7. The predicted octanol–water partition coefficient (Wildman–Crippen LogP) is 2.54. The molecule has 2 fully saturated rings. The maximum atomic E-state index is 12.8. The molecule has 2 aliphatic carbocycles. The molecule has 4 atom stereocenters. The van der Waals surface area contributed by atoms with Crippen LogP contribution in [0.15, 0.2) is 24.3 Å². The number of rotatable bonds is 7. The molecule has 6 nitrogen and oxygen atoms in total. The number of carbonyl (C=O) groups excluding carboxylic acids is 1. The molecule has 2 aliphatic rings. The minimum Gasteiger partial charge on any atom is -0.494 e. The number of ether oxygens (including phenoxy) is 1.